The maximum atomic E-state index is 16.3. The summed E-state index contributed by atoms with van der Waals surface area (Å²) in [5, 5.41) is 26.8. The van der Waals surface area contributed by atoms with Crippen molar-refractivity contribution >= 4 is 55.4 Å². The summed E-state index contributed by atoms with van der Waals surface area (Å²) in [4.78, 5) is 41.2. The van der Waals surface area contributed by atoms with Gasteiger partial charge in [0.05, 0.1) is 58.0 Å². The van der Waals surface area contributed by atoms with Gasteiger partial charge in [-0.15, -0.1) is 0 Å². The molecule has 2 aromatic heterocycles. The number of alkyl halides is 1. The Kier molecular flexibility index (Phi) is 13.0. The van der Waals surface area contributed by atoms with Gasteiger partial charge in [-0.05, 0) is 124 Å². The molecule has 404 valence electrons. The molecule has 0 radical (unpaired) electrons. The van der Waals surface area contributed by atoms with Gasteiger partial charge in [-0.3, -0.25) is 19.8 Å². The third-order valence-electron chi connectivity index (χ3n) is 17.7. The number of fused-ring (bicyclic) bond motifs is 4. The van der Waals surface area contributed by atoms with Crippen LogP contribution in [0.1, 0.15) is 118 Å². The number of aromatic amines is 1. The second-order valence-corrected chi connectivity index (χ2v) is 24.6. The van der Waals surface area contributed by atoms with E-state index in [1.54, 1.807) is 19.2 Å². The maximum absolute atomic E-state index is 16.3. The summed E-state index contributed by atoms with van der Waals surface area (Å²) < 4.78 is 72.0. The van der Waals surface area contributed by atoms with Gasteiger partial charge in [-0.1, -0.05) is 38.1 Å². The van der Waals surface area contributed by atoms with E-state index in [4.69, 9.17) is 23.9 Å². The van der Waals surface area contributed by atoms with Crippen molar-refractivity contribution in [2.45, 2.75) is 137 Å². The van der Waals surface area contributed by atoms with Crippen LogP contribution in [0.2, 0.25) is 0 Å². The van der Waals surface area contributed by atoms with Crippen molar-refractivity contribution in [1.82, 2.24) is 19.6 Å². The molecule has 7 heterocycles. The van der Waals surface area contributed by atoms with E-state index in [1.165, 1.54) is 11.1 Å². The fourth-order valence-electron chi connectivity index (χ4n) is 13.3. The Bertz CT molecular complexity index is 3160. The van der Waals surface area contributed by atoms with E-state index >= 15 is 4.39 Å². The van der Waals surface area contributed by atoms with Crippen LogP contribution in [0, 0.1) is 15.5 Å². The van der Waals surface area contributed by atoms with Crippen molar-refractivity contribution in [3.63, 3.8) is 0 Å². The van der Waals surface area contributed by atoms with Crippen LogP contribution in [-0.4, -0.2) is 127 Å². The molecule has 18 nitrogen and oxygen atoms in total. The largest absolute Gasteiger partial charge is 0.489 e. The summed E-state index contributed by atoms with van der Waals surface area (Å²) in [5.74, 6) is -0.368. The number of pyridine rings is 1. The number of benzene rings is 3. The number of piperidine rings is 1. The molecule has 12 rings (SSSR count). The number of hydrogen-bond donors (Lipinski definition) is 4. The van der Waals surface area contributed by atoms with Crippen molar-refractivity contribution < 1.29 is 46.6 Å². The molecule has 4 atom stereocenters. The summed E-state index contributed by atoms with van der Waals surface area (Å²) in [7, 11) is -4.80. The van der Waals surface area contributed by atoms with E-state index in [1.807, 2.05) is 29.2 Å². The lowest BCUT2D eigenvalue weighted by molar-refractivity contribution is -0.384. The lowest BCUT2D eigenvalue weighted by Gasteiger charge is -2.56. The standard InChI is InChI=1S/C56H67FN8O10S/c1-34(2)39-7-4-5-8-40(39)46-31-72-23-6-20-63(46)37-29-55(30-37)17-21-62(22-18-55)36-9-10-41(43(26-36)64-42-12-24-73-32-48(42)75-53-45(64)25-35-11-19-58-51(35)60-53)52(66)61-76(70,71)38-27-44(65(68)69)50-47(28-38)74-33-49(59-50)56(57)15-13-54(3,67)14-16-56/h4-5,7-11,19,25-28,34,37,42,46,48-49,59,67H,6,12-18,20-24,29-33H2,1-3H3,(H,58,60)(H,61,66)/t42-,46-,48-,49+,54?,56?/m0/s1. The van der Waals surface area contributed by atoms with Gasteiger partial charge in [0.1, 0.15) is 29.7 Å². The number of nitrogens with zero attached hydrogens (tertiary/aromatic N) is 5. The quantitative estimate of drug-likeness (QED) is 0.0760. The predicted octanol–water partition coefficient (Wildman–Crippen LogP) is 8.82. The first-order chi connectivity index (χ1) is 36.5. The van der Waals surface area contributed by atoms with Crippen LogP contribution in [0.5, 0.6) is 11.6 Å². The lowest BCUT2D eigenvalue weighted by atomic mass is 9.59. The molecule has 3 saturated heterocycles. The van der Waals surface area contributed by atoms with E-state index in [-0.39, 0.29) is 73.4 Å². The van der Waals surface area contributed by atoms with E-state index in [9.17, 15) is 28.4 Å². The van der Waals surface area contributed by atoms with Crippen LogP contribution in [0.3, 0.4) is 0 Å². The molecule has 4 N–H and O–H groups in total. The average Bonchev–Trinajstić information content (AvgIpc) is 3.79. The van der Waals surface area contributed by atoms with Crippen LogP contribution in [0.15, 0.2) is 77.8 Å². The van der Waals surface area contributed by atoms with E-state index in [0.29, 0.717) is 54.5 Å². The number of nitro groups is 1. The molecule has 0 unspecified atom stereocenters. The Morgan fingerprint density at radius 2 is 1.72 bits per heavy atom. The number of ether oxygens (including phenoxy) is 4. The zero-order valence-electron chi connectivity index (χ0n) is 43.3. The zero-order valence-corrected chi connectivity index (χ0v) is 44.1. The van der Waals surface area contributed by atoms with Crippen LogP contribution < -0.4 is 29.3 Å². The predicted molar refractivity (Wildman–Crippen MR) is 284 cm³/mol. The van der Waals surface area contributed by atoms with Gasteiger partial charge in [-0.25, -0.2) is 17.5 Å². The van der Waals surface area contributed by atoms with E-state index in [2.05, 4.69) is 62.9 Å². The van der Waals surface area contributed by atoms with Crippen molar-refractivity contribution in [1.29, 1.82) is 0 Å². The molecule has 5 aliphatic heterocycles. The van der Waals surface area contributed by atoms with Crippen LogP contribution >= 0.6 is 0 Å². The number of nitrogens with one attached hydrogen (secondary N) is 3. The number of hydrogen-bond acceptors (Lipinski definition) is 15. The highest BCUT2D eigenvalue weighted by atomic mass is 32.2. The molecular weight excluding hydrogens is 996 g/mol. The van der Waals surface area contributed by atoms with Crippen molar-refractivity contribution in [2.75, 3.05) is 67.8 Å². The van der Waals surface area contributed by atoms with Crippen LogP contribution in [-0.2, 0) is 19.5 Å². The Morgan fingerprint density at radius 3 is 2.50 bits per heavy atom. The monoisotopic (exact) mass is 1060 g/mol. The highest BCUT2D eigenvalue weighted by Gasteiger charge is 2.51. The molecule has 1 spiro atoms. The first-order valence-corrected chi connectivity index (χ1v) is 28.5. The summed E-state index contributed by atoms with van der Waals surface area (Å²) in [5.41, 5.74) is 1.90. The third-order valence-corrected chi connectivity index (χ3v) is 19.0. The zero-order chi connectivity index (χ0) is 52.7. The normalized spacial score (nSPS) is 27.8. The number of rotatable bonds is 10. The van der Waals surface area contributed by atoms with Gasteiger partial charge in [0, 0.05) is 68.3 Å². The minimum absolute atomic E-state index is 0.00822. The number of carbonyl (C=O) groups is 1. The van der Waals surface area contributed by atoms with E-state index in [0.717, 1.165) is 81.6 Å². The summed E-state index contributed by atoms with van der Waals surface area (Å²) in [6, 6.07) is 19.5. The molecule has 2 aliphatic carbocycles. The summed E-state index contributed by atoms with van der Waals surface area (Å²) in [6.45, 7) is 10.7. The average molecular weight is 1060 g/mol. The number of nitro benzene ring substituents is 1. The Hall–Kier alpha value is -6.06. The molecule has 20 heteroatoms. The number of anilines is 4. The molecule has 2 saturated carbocycles. The molecule has 5 fully saturated rings. The van der Waals surface area contributed by atoms with Crippen molar-refractivity contribution in [2.24, 2.45) is 5.41 Å². The second-order valence-electron chi connectivity index (χ2n) is 22.9. The molecule has 7 aliphatic rings. The SMILES string of the molecule is CC(C)c1ccccc1[C@@H]1COCCCN1C1CC2(CCN(c3ccc(C(=O)NS(=O)(=O)c4cc5c(c([N+](=O)[O-])c4)N[C@@H](C4(F)CCC(C)(O)CC4)CO5)c(N4c5cc6cc[nH]c6nc5O[C@H]5COCC[C@@H]54)c3)CC2)C1. The molecular formula is C56H67FN8O10S. The molecule has 5 aromatic rings. The number of carbonyl (C=O) groups excluding carboxylic acids is 1. The molecule has 3 aromatic carbocycles. The van der Waals surface area contributed by atoms with Crippen LogP contribution in [0.25, 0.3) is 11.0 Å². The van der Waals surface area contributed by atoms with Crippen LogP contribution in [0.4, 0.5) is 32.8 Å². The van der Waals surface area contributed by atoms with Gasteiger partial charge in [0.2, 0.25) is 5.88 Å². The minimum atomic E-state index is -4.80. The lowest BCUT2D eigenvalue weighted by Crippen LogP contribution is -2.56. The Morgan fingerprint density at radius 1 is 0.947 bits per heavy atom. The van der Waals surface area contributed by atoms with Crippen molar-refractivity contribution in [3.8, 4) is 11.6 Å². The Balaban J connectivity index is 0.834. The first-order valence-electron chi connectivity index (χ1n) is 27.0. The van der Waals surface area contributed by atoms with Gasteiger partial charge in [-0.2, -0.15) is 4.98 Å². The fraction of sp³-hybridized carbons (Fsp3) is 0.536. The first kappa shape index (κ1) is 50.7. The topological polar surface area (TPSA) is 214 Å². The second kappa shape index (κ2) is 19.4. The number of halogens is 1. The molecule has 76 heavy (non-hydrogen) atoms. The van der Waals surface area contributed by atoms with Crippen molar-refractivity contribution in [3.05, 3.63) is 99.7 Å². The third kappa shape index (κ3) is 9.30. The highest BCUT2D eigenvalue weighted by molar-refractivity contribution is 7.90. The maximum Gasteiger partial charge on any atom is 0.297 e. The number of aliphatic hydroxyl groups is 1. The number of amides is 1. The number of H-pyrrole nitrogens is 1. The van der Waals surface area contributed by atoms with Gasteiger partial charge >= 0.3 is 0 Å². The fourth-order valence-corrected chi connectivity index (χ4v) is 14.3. The smallest absolute Gasteiger partial charge is 0.297 e. The van der Waals surface area contributed by atoms with E-state index < -0.39 is 54.9 Å². The molecule has 0 bridgehead atoms. The van der Waals surface area contributed by atoms with Gasteiger partial charge < -0.3 is 44.2 Å². The molecule has 1 amide bonds. The minimum Gasteiger partial charge on any atom is -0.489 e. The number of aromatic nitrogens is 2. The summed E-state index contributed by atoms with van der Waals surface area (Å²) >= 11 is 0. The Labute approximate surface area is 441 Å². The highest BCUT2D eigenvalue weighted by Crippen LogP contribution is 2.54. The number of sulfonamides is 1. The van der Waals surface area contributed by atoms with Gasteiger partial charge in [0.15, 0.2) is 11.4 Å². The summed E-state index contributed by atoms with van der Waals surface area (Å²) in [6.07, 6.45) is 7.53. The van der Waals surface area contributed by atoms with Gasteiger partial charge in [0.25, 0.3) is 21.6 Å².